The Morgan fingerprint density at radius 2 is 1.90 bits per heavy atom. The van der Waals surface area contributed by atoms with Gasteiger partial charge in [-0.05, 0) is 63.2 Å². The molecular formula is C15H21N3OS. The van der Waals surface area contributed by atoms with Crippen molar-refractivity contribution in [3.8, 4) is 0 Å². The van der Waals surface area contributed by atoms with E-state index in [0.29, 0.717) is 11.4 Å². The maximum absolute atomic E-state index is 11.8. The molecule has 0 saturated carbocycles. The van der Waals surface area contributed by atoms with Crippen molar-refractivity contribution in [2.75, 3.05) is 25.0 Å². The van der Waals surface area contributed by atoms with E-state index in [1.807, 2.05) is 24.3 Å². The summed E-state index contributed by atoms with van der Waals surface area (Å²) in [5.41, 5.74) is 7.13. The molecule has 0 unspecified atom stereocenters. The zero-order chi connectivity index (χ0) is 14.4. The minimum absolute atomic E-state index is 0.0623. The zero-order valence-corrected chi connectivity index (χ0v) is 12.4. The molecule has 3 N–H and O–H groups in total. The van der Waals surface area contributed by atoms with Gasteiger partial charge in [0.1, 0.15) is 4.99 Å². The number of rotatable bonds is 6. The lowest BCUT2D eigenvalue weighted by Crippen LogP contribution is -2.22. The smallest absolute Gasteiger partial charge is 0.224 e. The number of hydrogen-bond acceptors (Lipinski definition) is 3. The summed E-state index contributed by atoms with van der Waals surface area (Å²) >= 11 is 4.89. The zero-order valence-electron chi connectivity index (χ0n) is 11.6. The average molecular weight is 291 g/mol. The number of amides is 1. The van der Waals surface area contributed by atoms with Gasteiger partial charge in [0.15, 0.2) is 0 Å². The molecule has 1 aromatic carbocycles. The number of carbonyl (C=O) groups excluding carboxylic acids is 1. The SMILES string of the molecule is NC(=S)c1ccc(NC(=O)CCCN2CCCC2)cc1. The van der Waals surface area contributed by atoms with Crippen LogP contribution in [-0.4, -0.2) is 35.4 Å². The second-order valence-electron chi connectivity index (χ2n) is 5.14. The first kappa shape index (κ1) is 14.9. The van der Waals surface area contributed by atoms with Crippen LogP contribution in [0.25, 0.3) is 0 Å². The Labute approximate surface area is 125 Å². The molecule has 0 spiro atoms. The van der Waals surface area contributed by atoms with Crippen molar-refractivity contribution in [3.63, 3.8) is 0 Å². The van der Waals surface area contributed by atoms with Crippen molar-refractivity contribution in [1.29, 1.82) is 0 Å². The van der Waals surface area contributed by atoms with Crippen LogP contribution in [0.5, 0.6) is 0 Å². The van der Waals surface area contributed by atoms with E-state index in [1.54, 1.807) is 0 Å². The molecule has 0 atom stereocenters. The molecule has 1 fully saturated rings. The Kier molecular flexibility index (Phi) is 5.49. The lowest BCUT2D eigenvalue weighted by atomic mass is 10.2. The number of hydrogen-bond donors (Lipinski definition) is 2. The molecule has 1 heterocycles. The minimum atomic E-state index is 0.0623. The summed E-state index contributed by atoms with van der Waals surface area (Å²) in [5.74, 6) is 0.0623. The van der Waals surface area contributed by atoms with Gasteiger partial charge in [-0.15, -0.1) is 0 Å². The normalized spacial score (nSPS) is 15.2. The van der Waals surface area contributed by atoms with E-state index in [9.17, 15) is 4.79 Å². The molecule has 0 radical (unpaired) electrons. The maximum Gasteiger partial charge on any atom is 0.224 e. The van der Waals surface area contributed by atoms with Gasteiger partial charge >= 0.3 is 0 Å². The van der Waals surface area contributed by atoms with Crippen LogP contribution in [0.2, 0.25) is 0 Å². The van der Waals surface area contributed by atoms with Gasteiger partial charge in [0.2, 0.25) is 5.91 Å². The highest BCUT2D eigenvalue weighted by molar-refractivity contribution is 7.80. The lowest BCUT2D eigenvalue weighted by Gasteiger charge is -2.13. The van der Waals surface area contributed by atoms with Crippen LogP contribution in [0.1, 0.15) is 31.2 Å². The highest BCUT2D eigenvalue weighted by Gasteiger charge is 2.11. The molecule has 0 aromatic heterocycles. The molecule has 20 heavy (non-hydrogen) atoms. The van der Waals surface area contributed by atoms with E-state index in [2.05, 4.69) is 10.2 Å². The Bertz CT molecular complexity index is 467. The Morgan fingerprint density at radius 1 is 1.25 bits per heavy atom. The second-order valence-corrected chi connectivity index (χ2v) is 5.58. The monoisotopic (exact) mass is 291 g/mol. The largest absolute Gasteiger partial charge is 0.389 e. The van der Waals surface area contributed by atoms with Gasteiger partial charge in [-0.2, -0.15) is 0 Å². The summed E-state index contributed by atoms with van der Waals surface area (Å²) in [6, 6.07) is 7.30. The van der Waals surface area contributed by atoms with Crippen LogP contribution in [0.15, 0.2) is 24.3 Å². The summed E-state index contributed by atoms with van der Waals surface area (Å²) in [5, 5.41) is 2.89. The lowest BCUT2D eigenvalue weighted by molar-refractivity contribution is -0.116. The van der Waals surface area contributed by atoms with Crippen molar-refractivity contribution in [1.82, 2.24) is 4.90 Å². The minimum Gasteiger partial charge on any atom is -0.389 e. The quantitative estimate of drug-likeness (QED) is 0.788. The topological polar surface area (TPSA) is 58.4 Å². The first-order valence-corrected chi connectivity index (χ1v) is 7.48. The molecule has 5 heteroatoms. The molecule has 4 nitrogen and oxygen atoms in total. The number of carbonyl (C=O) groups is 1. The van der Waals surface area contributed by atoms with E-state index >= 15 is 0 Å². The highest BCUT2D eigenvalue weighted by atomic mass is 32.1. The molecule has 0 bridgehead atoms. The van der Waals surface area contributed by atoms with E-state index in [4.69, 9.17) is 18.0 Å². The molecule has 1 aliphatic heterocycles. The van der Waals surface area contributed by atoms with Crippen molar-refractivity contribution >= 4 is 28.8 Å². The fourth-order valence-corrected chi connectivity index (χ4v) is 2.55. The molecular weight excluding hydrogens is 270 g/mol. The van der Waals surface area contributed by atoms with Gasteiger partial charge in [-0.3, -0.25) is 4.79 Å². The predicted molar refractivity (Wildman–Crippen MR) is 85.9 cm³/mol. The number of nitrogens with one attached hydrogen (secondary N) is 1. The molecule has 1 saturated heterocycles. The highest BCUT2D eigenvalue weighted by Crippen LogP contribution is 2.11. The van der Waals surface area contributed by atoms with Crippen molar-refractivity contribution in [2.45, 2.75) is 25.7 Å². The van der Waals surface area contributed by atoms with Gasteiger partial charge in [-0.25, -0.2) is 0 Å². The summed E-state index contributed by atoms with van der Waals surface area (Å²) in [7, 11) is 0. The van der Waals surface area contributed by atoms with E-state index in [0.717, 1.165) is 24.2 Å². The van der Waals surface area contributed by atoms with Crippen molar-refractivity contribution in [2.24, 2.45) is 5.73 Å². The Hall–Kier alpha value is -1.46. The van der Waals surface area contributed by atoms with Crippen LogP contribution in [-0.2, 0) is 4.79 Å². The first-order valence-electron chi connectivity index (χ1n) is 7.07. The number of thiocarbonyl (C=S) groups is 1. The molecule has 1 aromatic rings. The van der Waals surface area contributed by atoms with E-state index in [1.165, 1.54) is 25.9 Å². The number of benzene rings is 1. The molecule has 1 aliphatic rings. The van der Waals surface area contributed by atoms with Crippen LogP contribution in [0.4, 0.5) is 5.69 Å². The van der Waals surface area contributed by atoms with Crippen molar-refractivity contribution in [3.05, 3.63) is 29.8 Å². The fraction of sp³-hybridized carbons (Fsp3) is 0.467. The van der Waals surface area contributed by atoms with Gasteiger partial charge in [-0.1, -0.05) is 12.2 Å². The summed E-state index contributed by atoms with van der Waals surface area (Å²) in [6.07, 6.45) is 4.06. The molecule has 1 amide bonds. The van der Waals surface area contributed by atoms with Gasteiger partial charge in [0.05, 0.1) is 0 Å². The van der Waals surface area contributed by atoms with Crippen LogP contribution < -0.4 is 11.1 Å². The number of nitrogens with zero attached hydrogens (tertiary/aromatic N) is 1. The van der Waals surface area contributed by atoms with Gasteiger partial charge in [0, 0.05) is 17.7 Å². The number of nitrogens with two attached hydrogens (primary N) is 1. The van der Waals surface area contributed by atoms with Gasteiger partial charge < -0.3 is 16.0 Å². The third-order valence-corrected chi connectivity index (χ3v) is 3.77. The maximum atomic E-state index is 11.8. The molecule has 2 rings (SSSR count). The second kappa shape index (κ2) is 7.36. The van der Waals surface area contributed by atoms with Gasteiger partial charge in [0.25, 0.3) is 0 Å². The summed E-state index contributed by atoms with van der Waals surface area (Å²) in [6.45, 7) is 3.39. The Morgan fingerprint density at radius 3 is 2.50 bits per heavy atom. The Balaban J connectivity index is 1.71. The van der Waals surface area contributed by atoms with Crippen molar-refractivity contribution < 1.29 is 4.79 Å². The van der Waals surface area contributed by atoms with Crippen LogP contribution in [0, 0.1) is 0 Å². The van der Waals surface area contributed by atoms with Crippen LogP contribution >= 0.6 is 12.2 Å². The summed E-state index contributed by atoms with van der Waals surface area (Å²) < 4.78 is 0. The third kappa shape index (κ3) is 4.58. The molecule has 0 aliphatic carbocycles. The standard InChI is InChI=1S/C15H21N3OS/c16-15(20)12-5-7-13(8-6-12)17-14(19)4-3-11-18-9-1-2-10-18/h5-8H,1-4,9-11H2,(H2,16,20)(H,17,19). The molecule has 108 valence electrons. The van der Waals surface area contributed by atoms with E-state index < -0.39 is 0 Å². The van der Waals surface area contributed by atoms with Crippen LogP contribution in [0.3, 0.4) is 0 Å². The number of anilines is 1. The number of likely N-dealkylation sites (tertiary alicyclic amines) is 1. The first-order chi connectivity index (χ1) is 9.65. The average Bonchev–Trinajstić information content (AvgIpc) is 2.92. The predicted octanol–water partition coefficient (Wildman–Crippen LogP) is 2.14. The van der Waals surface area contributed by atoms with E-state index in [-0.39, 0.29) is 5.91 Å². The summed E-state index contributed by atoms with van der Waals surface area (Å²) in [4.78, 5) is 14.6. The third-order valence-electron chi connectivity index (χ3n) is 3.53. The fourth-order valence-electron chi connectivity index (χ4n) is 2.41.